The van der Waals surface area contributed by atoms with Gasteiger partial charge in [-0.2, -0.15) is 0 Å². The van der Waals surface area contributed by atoms with Crippen LogP contribution in [0.5, 0.6) is 5.75 Å². The molecule has 1 unspecified atom stereocenters. The number of nitrogens with one attached hydrogen (secondary N) is 1. The minimum atomic E-state index is -1.18. The number of hydrogen-bond donors (Lipinski definition) is 2. The van der Waals surface area contributed by atoms with E-state index >= 15 is 0 Å². The summed E-state index contributed by atoms with van der Waals surface area (Å²) in [4.78, 5) is 59.5. The lowest BCUT2D eigenvalue weighted by atomic mass is 10.0. The van der Waals surface area contributed by atoms with Gasteiger partial charge in [0.2, 0.25) is 5.91 Å². The first kappa shape index (κ1) is 33.8. The zero-order valence-electron chi connectivity index (χ0n) is 28.0. The van der Waals surface area contributed by atoms with E-state index in [9.17, 15) is 19.2 Å². The summed E-state index contributed by atoms with van der Waals surface area (Å²) in [5.74, 6) is -0.815. The molecule has 1 heterocycles. The highest BCUT2D eigenvalue weighted by Gasteiger charge is 2.39. The Morgan fingerprint density at radius 1 is 0.958 bits per heavy atom. The summed E-state index contributed by atoms with van der Waals surface area (Å²) >= 11 is 0. The number of ether oxygens (including phenoxy) is 2. The van der Waals surface area contributed by atoms with Gasteiger partial charge < -0.3 is 30.3 Å². The van der Waals surface area contributed by atoms with E-state index in [1.54, 1.807) is 88.2 Å². The average molecular weight is 652 g/mol. The van der Waals surface area contributed by atoms with Gasteiger partial charge in [0, 0.05) is 23.9 Å². The van der Waals surface area contributed by atoms with Gasteiger partial charge >= 0.3 is 6.09 Å². The van der Waals surface area contributed by atoms with Crippen LogP contribution in [0, 0.1) is 0 Å². The number of carbonyl (C=O) groups excluding carboxylic acids is 4. The molecule has 4 aromatic rings. The maximum absolute atomic E-state index is 14.7. The molecule has 5 rings (SSSR count). The Bertz CT molecular complexity index is 1850. The number of benzene rings is 4. The van der Waals surface area contributed by atoms with E-state index in [1.807, 2.05) is 36.4 Å². The van der Waals surface area contributed by atoms with Crippen LogP contribution in [-0.2, 0) is 20.9 Å². The van der Waals surface area contributed by atoms with Crippen molar-refractivity contribution in [3.05, 3.63) is 96.1 Å². The van der Waals surface area contributed by atoms with Gasteiger partial charge in [0.1, 0.15) is 23.4 Å². The monoisotopic (exact) mass is 651 g/mol. The summed E-state index contributed by atoms with van der Waals surface area (Å²) in [6, 6.07) is 23.1. The van der Waals surface area contributed by atoms with E-state index in [0.29, 0.717) is 28.4 Å². The molecule has 11 nitrogen and oxygen atoms in total. The van der Waals surface area contributed by atoms with Crippen LogP contribution in [0.3, 0.4) is 0 Å². The van der Waals surface area contributed by atoms with Crippen molar-refractivity contribution in [2.75, 3.05) is 36.2 Å². The maximum Gasteiger partial charge on any atom is 0.410 e. The van der Waals surface area contributed by atoms with E-state index in [1.165, 1.54) is 16.8 Å². The third-order valence-corrected chi connectivity index (χ3v) is 8.29. The molecule has 1 aliphatic heterocycles. The van der Waals surface area contributed by atoms with E-state index in [2.05, 4.69) is 5.32 Å². The van der Waals surface area contributed by atoms with Gasteiger partial charge in [0.25, 0.3) is 11.8 Å². The number of para-hydroxylation sites is 2. The maximum atomic E-state index is 14.7. The molecule has 1 aliphatic rings. The zero-order chi connectivity index (χ0) is 34.7. The molecule has 0 aromatic heterocycles. The van der Waals surface area contributed by atoms with Crippen molar-refractivity contribution < 1.29 is 28.7 Å². The smallest absolute Gasteiger partial charge is 0.410 e. The Morgan fingerprint density at radius 2 is 1.60 bits per heavy atom. The number of nitrogens with two attached hydrogens (primary N) is 1. The molecule has 0 aliphatic carbocycles. The lowest BCUT2D eigenvalue weighted by Gasteiger charge is -2.30. The lowest BCUT2D eigenvalue weighted by molar-refractivity contribution is -0.130. The number of likely N-dealkylation sites (N-methyl/N-ethyl adjacent to an activating group) is 1. The summed E-state index contributed by atoms with van der Waals surface area (Å²) in [6.45, 7) is 6.67. The van der Waals surface area contributed by atoms with Crippen LogP contribution in [0.1, 0.15) is 43.6 Å². The topological polar surface area (TPSA) is 135 Å². The molecule has 11 heteroatoms. The third-order valence-electron chi connectivity index (χ3n) is 8.29. The normalized spacial score (nSPS) is 15.3. The van der Waals surface area contributed by atoms with Gasteiger partial charge in [-0.3, -0.25) is 19.3 Å². The highest BCUT2D eigenvalue weighted by Crippen LogP contribution is 2.37. The van der Waals surface area contributed by atoms with Crippen LogP contribution >= 0.6 is 0 Å². The van der Waals surface area contributed by atoms with Crippen molar-refractivity contribution in [1.82, 2.24) is 10.2 Å². The molecular formula is C37H41N5O6. The van der Waals surface area contributed by atoms with Crippen LogP contribution in [0.4, 0.5) is 21.9 Å². The predicted octanol–water partition coefficient (Wildman–Crippen LogP) is 5.36. The number of rotatable bonds is 7. The third kappa shape index (κ3) is 7.05. The highest BCUT2D eigenvalue weighted by molar-refractivity contribution is 6.13. The fraction of sp³-hybridized carbons (Fsp3) is 0.297. The lowest BCUT2D eigenvalue weighted by Crippen LogP contribution is -2.57. The highest BCUT2D eigenvalue weighted by atomic mass is 16.6. The molecule has 0 fully saturated rings. The van der Waals surface area contributed by atoms with Crippen molar-refractivity contribution in [3.63, 3.8) is 0 Å². The quantitative estimate of drug-likeness (QED) is 0.257. The Kier molecular flexibility index (Phi) is 9.60. The summed E-state index contributed by atoms with van der Waals surface area (Å²) < 4.78 is 11.2. The number of methoxy groups -OCH3 is 1. The predicted molar refractivity (Wildman–Crippen MR) is 186 cm³/mol. The van der Waals surface area contributed by atoms with Crippen molar-refractivity contribution in [2.45, 2.75) is 51.9 Å². The van der Waals surface area contributed by atoms with Crippen LogP contribution < -0.4 is 25.6 Å². The molecule has 0 spiro atoms. The first-order valence-electron chi connectivity index (χ1n) is 15.7. The zero-order valence-corrected chi connectivity index (χ0v) is 28.0. The largest absolute Gasteiger partial charge is 0.496 e. The average Bonchev–Trinajstić information content (AvgIpc) is 3.17. The molecule has 2 atom stereocenters. The fourth-order valence-electron chi connectivity index (χ4n) is 5.62. The number of nitrogen functional groups attached to an aromatic ring is 1. The van der Waals surface area contributed by atoms with Gasteiger partial charge in [0.05, 0.1) is 31.6 Å². The van der Waals surface area contributed by atoms with Crippen molar-refractivity contribution in [2.24, 2.45) is 0 Å². The fourth-order valence-corrected chi connectivity index (χ4v) is 5.62. The van der Waals surface area contributed by atoms with Crippen LogP contribution in [0.15, 0.2) is 84.9 Å². The molecule has 4 aromatic carbocycles. The standard InChI is InChI=1S/C37H41N5O6/c1-23(40(5)36(46)48-37(2,3)4)33(43)39-29-22-42(34(44)25-15-18-26(38)19-16-25)31-14-10-9-13-30(31)41(35(29)45)21-28-27-12-8-7-11-24(27)17-20-32(28)47-6/h7-20,23,29H,21-22,38H2,1-6H3,(H,39,43)/t23?,29-/m0/s1. The van der Waals surface area contributed by atoms with Gasteiger partial charge in [-0.15, -0.1) is 0 Å². The number of anilines is 3. The van der Waals surface area contributed by atoms with Crippen LogP contribution in [0.2, 0.25) is 0 Å². The van der Waals surface area contributed by atoms with Crippen LogP contribution in [-0.4, -0.2) is 67.1 Å². The van der Waals surface area contributed by atoms with Gasteiger partial charge in [-0.25, -0.2) is 4.79 Å². The molecule has 0 bridgehead atoms. The second-order valence-electron chi connectivity index (χ2n) is 12.7. The molecule has 0 saturated carbocycles. The van der Waals surface area contributed by atoms with Crippen LogP contribution in [0.25, 0.3) is 10.8 Å². The van der Waals surface area contributed by atoms with E-state index < -0.39 is 35.6 Å². The minimum Gasteiger partial charge on any atom is -0.496 e. The molecule has 0 saturated heterocycles. The summed E-state index contributed by atoms with van der Waals surface area (Å²) in [5.41, 5.74) is 7.72. The van der Waals surface area contributed by atoms with Crippen molar-refractivity contribution in [1.29, 1.82) is 0 Å². The molecular weight excluding hydrogens is 610 g/mol. The Hall–Kier alpha value is -5.58. The number of hydrogen-bond acceptors (Lipinski definition) is 7. The molecule has 4 amide bonds. The Balaban J connectivity index is 1.58. The second-order valence-corrected chi connectivity index (χ2v) is 12.7. The number of nitrogens with zero attached hydrogens (tertiary/aromatic N) is 3. The first-order chi connectivity index (χ1) is 22.8. The van der Waals surface area contributed by atoms with Crippen molar-refractivity contribution >= 4 is 51.6 Å². The summed E-state index contributed by atoms with van der Waals surface area (Å²) in [7, 11) is 3.03. The van der Waals surface area contributed by atoms with Crippen molar-refractivity contribution in [3.8, 4) is 5.75 Å². The summed E-state index contributed by atoms with van der Waals surface area (Å²) in [6.07, 6.45) is -0.686. The van der Waals surface area contributed by atoms with Gasteiger partial charge in [-0.1, -0.05) is 42.5 Å². The van der Waals surface area contributed by atoms with Gasteiger partial charge in [-0.05, 0) is 80.9 Å². The number of amides is 4. The Morgan fingerprint density at radius 3 is 2.27 bits per heavy atom. The molecule has 0 radical (unpaired) electrons. The Labute approximate surface area is 280 Å². The number of fused-ring (bicyclic) bond motifs is 2. The van der Waals surface area contributed by atoms with E-state index in [-0.39, 0.29) is 19.0 Å². The minimum absolute atomic E-state index is 0.0873. The summed E-state index contributed by atoms with van der Waals surface area (Å²) in [5, 5.41) is 4.71. The SMILES string of the molecule is COc1ccc2ccccc2c1CN1C(=O)[C@@H](NC(=O)C(C)N(C)C(=O)OC(C)(C)C)CN(C(=O)c2ccc(N)cc2)c2ccccc21. The van der Waals surface area contributed by atoms with Gasteiger partial charge in [0.15, 0.2) is 0 Å². The molecule has 250 valence electrons. The number of carbonyl (C=O) groups is 4. The second kappa shape index (κ2) is 13.6. The molecule has 3 N–H and O–H groups in total. The van der Waals surface area contributed by atoms with E-state index in [0.717, 1.165) is 16.3 Å². The first-order valence-corrected chi connectivity index (χ1v) is 15.7. The van der Waals surface area contributed by atoms with E-state index in [4.69, 9.17) is 15.2 Å². The molecule has 48 heavy (non-hydrogen) atoms.